The first kappa shape index (κ1) is 42.2. The predicted molar refractivity (Wildman–Crippen MR) is 141 cm³/mol. The first-order chi connectivity index (χ1) is 17.3. The van der Waals surface area contributed by atoms with Gasteiger partial charge in [0.15, 0.2) is 0 Å². The van der Waals surface area contributed by atoms with Crippen LogP contribution in [0, 0.1) is 11.8 Å². The minimum atomic E-state index is -1.17. The highest BCUT2D eigenvalue weighted by atomic mass is 16.4. The molecule has 38 heavy (non-hydrogen) atoms. The summed E-state index contributed by atoms with van der Waals surface area (Å²) in [6.45, 7) is 8.39. The zero-order valence-corrected chi connectivity index (χ0v) is 22.8. The number of nitrogens with two attached hydrogens (primary N) is 5. The molecule has 0 aliphatic heterocycles. The van der Waals surface area contributed by atoms with Crippen LogP contribution >= 0.6 is 0 Å². The van der Waals surface area contributed by atoms with Gasteiger partial charge in [0.2, 0.25) is 0 Å². The molecule has 0 heterocycles. The normalized spacial score (nSPS) is 13.2. The van der Waals surface area contributed by atoms with Crippen LogP contribution in [-0.2, 0) is 24.0 Å². The number of aliphatic carboxylic acids is 5. The van der Waals surface area contributed by atoms with Gasteiger partial charge in [-0.1, -0.05) is 34.1 Å². The van der Waals surface area contributed by atoms with Gasteiger partial charge in [-0.2, -0.15) is 0 Å². The summed E-state index contributed by atoms with van der Waals surface area (Å²) in [5.41, 5.74) is 25.9. The van der Waals surface area contributed by atoms with E-state index in [-0.39, 0.29) is 12.8 Å². The van der Waals surface area contributed by atoms with E-state index in [0.717, 1.165) is 12.8 Å². The van der Waals surface area contributed by atoms with Gasteiger partial charge < -0.3 is 54.2 Å². The van der Waals surface area contributed by atoms with E-state index in [1.807, 2.05) is 27.7 Å². The van der Waals surface area contributed by atoms with Crippen LogP contribution in [0.2, 0.25) is 0 Å². The van der Waals surface area contributed by atoms with E-state index < -0.39 is 54.0 Å². The highest BCUT2D eigenvalue weighted by Crippen LogP contribution is 2.02. The molecule has 0 rings (SSSR count). The van der Waals surface area contributed by atoms with E-state index in [4.69, 9.17) is 54.2 Å². The van der Waals surface area contributed by atoms with Gasteiger partial charge in [0.25, 0.3) is 0 Å². The molecule has 0 spiro atoms. The van der Waals surface area contributed by atoms with E-state index in [2.05, 4.69) is 0 Å². The van der Waals surface area contributed by atoms with Crippen LogP contribution in [0.15, 0.2) is 0 Å². The number of hydrogen-bond donors (Lipinski definition) is 10. The molecule has 0 aromatic carbocycles. The van der Waals surface area contributed by atoms with E-state index in [1.165, 1.54) is 0 Å². The van der Waals surface area contributed by atoms with Gasteiger partial charge in [0, 0.05) is 6.42 Å². The fourth-order valence-corrected chi connectivity index (χ4v) is 2.25. The van der Waals surface area contributed by atoms with Crippen molar-refractivity contribution in [2.75, 3.05) is 6.54 Å². The quantitative estimate of drug-likeness (QED) is 0.116. The Labute approximate surface area is 223 Å². The van der Waals surface area contributed by atoms with Gasteiger partial charge in [0.1, 0.15) is 24.2 Å². The molecule has 15 nitrogen and oxygen atoms in total. The minimum absolute atomic E-state index is 0.0231. The molecule has 15 N–H and O–H groups in total. The fourth-order valence-electron chi connectivity index (χ4n) is 2.25. The van der Waals surface area contributed by atoms with Gasteiger partial charge in [-0.15, -0.1) is 0 Å². The molecule has 0 aliphatic rings. The Hall–Kier alpha value is -2.85. The Kier molecular flexibility index (Phi) is 28.7. The first-order valence-corrected chi connectivity index (χ1v) is 12.1. The molecule has 0 radical (unpaired) electrons. The van der Waals surface area contributed by atoms with Gasteiger partial charge in [0.05, 0.1) is 0 Å². The minimum Gasteiger partial charge on any atom is -0.481 e. The van der Waals surface area contributed by atoms with Gasteiger partial charge >= 0.3 is 29.8 Å². The molecule has 0 saturated carbocycles. The fraction of sp³-hybridized carbons (Fsp3) is 0.783. The lowest BCUT2D eigenvalue weighted by molar-refractivity contribution is -0.141. The highest BCUT2D eigenvalue weighted by molar-refractivity contribution is 5.75. The van der Waals surface area contributed by atoms with E-state index in [1.54, 1.807) is 0 Å². The second-order valence-electron chi connectivity index (χ2n) is 9.25. The highest BCUT2D eigenvalue weighted by Gasteiger charge is 2.13. The van der Waals surface area contributed by atoms with Gasteiger partial charge in [-0.05, 0) is 50.5 Å². The maximum absolute atomic E-state index is 10.1. The molecule has 0 bridgehead atoms. The van der Waals surface area contributed by atoms with Gasteiger partial charge in [-0.3, -0.25) is 24.0 Å². The van der Waals surface area contributed by atoms with Crippen molar-refractivity contribution in [3.63, 3.8) is 0 Å². The van der Waals surface area contributed by atoms with Crippen molar-refractivity contribution >= 4 is 29.8 Å². The predicted octanol–water partition coefficient (Wildman–Crippen LogP) is -0.321. The number of unbranched alkanes of at least 4 members (excludes halogenated alkanes) is 1. The van der Waals surface area contributed by atoms with Crippen molar-refractivity contribution in [2.24, 2.45) is 40.5 Å². The Morgan fingerprint density at radius 3 is 1.08 bits per heavy atom. The second kappa shape index (κ2) is 25.8. The van der Waals surface area contributed by atoms with Crippen LogP contribution in [0.4, 0.5) is 0 Å². The van der Waals surface area contributed by atoms with Crippen LogP contribution in [0.3, 0.4) is 0 Å². The molecule has 0 unspecified atom stereocenters. The molecule has 0 aliphatic carbocycles. The molecule has 0 saturated heterocycles. The number of carboxylic acids is 5. The molecular formula is C23H49N5O10. The lowest BCUT2D eigenvalue weighted by Gasteiger charge is -2.07. The maximum Gasteiger partial charge on any atom is 0.320 e. The lowest BCUT2D eigenvalue weighted by Crippen LogP contribution is -2.31. The average molecular weight is 556 g/mol. The molecule has 4 atom stereocenters. The molecule has 15 heteroatoms. The van der Waals surface area contributed by atoms with Crippen LogP contribution in [0.1, 0.15) is 72.6 Å². The van der Waals surface area contributed by atoms with E-state index in [0.29, 0.717) is 37.6 Å². The van der Waals surface area contributed by atoms with Crippen molar-refractivity contribution in [2.45, 2.75) is 96.8 Å². The summed E-state index contributed by atoms with van der Waals surface area (Å²) in [5, 5.41) is 41.2. The molecule has 226 valence electrons. The summed E-state index contributed by atoms with van der Waals surface area (Å²) >= 11 is 0. The molecule has 0 amide bonds. The van der Waals surface area contributed by atoms with E-state index >= 15 is 0 Å². The largest absolute Gasteiger partial charge is 0.481 e. The van der Waals surface area contributed by atoms with Crippen molar-refractivity contribution in [3.8, 4) is 0 Å². The topological polar surface area (TPSA) is 317 Å². The van der Waals surface area contributed by atoms with Crippen LogP contribution in [-0.4, -0.2) is 86.1 Å². The number of hydrogen-bond acceptors (Lipinski definition) is 10. The number of carboxylic acid groups (broad SMARTS) is 5. The third-order valence-corrected chi connectivity index (χ3v) is 4.36. The average Bonchev–Trinajstić information content (AvgIpc) is 2.77. The van der Waals surface area contributed by atoms with E-state index in [9.17, 15) is 24.0 Å². The smallest absolute Gasteiger partial charge is 0.320 e. The van der Waals surface area contributed by atoms with Crippen molar-refractivity contribution in [3.05, 3.63) is 0 Å². The van der Waals surface area contributed by atoms with Crippen molar-refractivity contribution in [1.29, 1.82) is 0 Å². The number of carbonyl (C=O) groups is 5. The van der Waals surface area contributed by atoms with Crippen molar-refractivity contribution < 1.29 is 49.5 Å². The lowest BCUT2D eigenvalue weighted by atomic mass is 10.1. The summed E-state index contributed by atoms with van der Waals surface area (Å²) in [4.78, 5) is 50.2. The molecule has 0 aromatic heterocycles. The third-order valence-electron chi connectivity index (χ3n) is 4.36. The maximum atomic E-state index is 10.1. The van der Waals surface area contributed by atoms with Crippen LogP contribution in [0.5, 0.6) is 0 Å². The Morgan fingerprint density at radius 1 is 0.553 bits per heavy atom. The Bertz CT molecular complexity index is 651. The standard InChI is InChI=1S/C6H14N2O2.2C6H13NO2.C5H9NO4/c7-4-2-1-3-5(8)6(9)10;2*1-4(2)3-5(7)6(8)9;6-3(5(9)10)1-2-4(7)8/h5H,1-4,7-8H2,(H,9,10);2*4-5H,3,7H2,1-2H3,(H,8,9);3H,1-2,6H2,(H,7,8)(H,9,10)/t3*5-;3-/m0000/s1. The van der Waals surface area contributed by atoms with Gasteiger partial charge in [-0.25, -0.2) is 0 Å². The second-order valence-corrected chi connectivity index (χ2v) is 9.25. The summed E-state index contributed by atoms with van der Waals surface area (Å²) in [7, 11) is 0. The molecule has 0 aromatic rings. The summed E-state index contributed by atoms with van der Waals surface area (Å²) in [6, 6.07) is -3.15. The summed E-state index contributed by atoms with van der Waals surface area (Å²) in [5.74, 6) is -4.24. The zero-order chi connectivity index (χ0) is 31.0. The SMILES string of the molecule is CC(C)C[C@H](N)C(=O)O.CC(C)C[C@H](N)C(=O)O.NCCCC[C@H](N)C(=O)O.N[C@@H](CCC(=O)O)C(=O)O. The van der Waals surface area contributed by atoms with Crippen LogP contribution < -0.4 is 28.7 Å². The number of rotatable bonds is 15. The monoisotopic (exact) mass is 555 g/mol. The third kappa shape index (κ3) is 35.3. The van der Waals surface area contributed by atoms with Crippen molar-refractivity contribution in [1.82, 2.24) is 0 Å². The molecule has 0 fully saturated rings. The Morgan fingerprint density at radius 2 is 0.868 bits per heavy atom. The molecular weight excluding hydrogens is 506 g/mol. The summed E-state index contributed by atoms with van der Waals surface area (Å²) < 4.78 is 0. The Balaban J connectivity index is -0.000000203. The zero-order valence-electron chi connectivity index (χ0n) is 22.8. The summed E-state index contributed by atoms with van der Waals surface area (Å²) in [6.07, 6.45) is 3.04. The first-order valence-electron chi connectivity index (χ1n) is 12.1. The van der Waals surface area contributed by atoms with Crippen LogP contribution in [0.25, 0.3) is 0 Å².